The number of nitrogens with zero attached hydrogens (tertiary/aromatic N) is 1. The van der Waals surface area contributed by atoms with Crippen molar-refractivity contribution < 1.29 is 9.13 Å². The Morgan fingerprint density at radius 2 is 1.70 bits per heavy atom. The van der Waals surface area contributed by atoms with Crippen molar-refractivity contribution in [3.05, 3.63) is 95.4 Å². The summed E-state index contributed by atoms with van der Waals surface area (Å²) < 4.78 is 19.6. The Morgan fingerprint density at radius 1 is 0.889 bits per heavy atom. The molecule has 0 aliphatic rings. The maximum atomic E-state index is 13.7. The van der Waals surface area contributed by atoms with E-state index in [1.165, 1.54) is 6.07 Å². The average Bonchev–Trinajstić information content (AvgIpc) is 2.68. The summed E-state index contributed by atoms with van der Waals surface area (Å²) in [5.41, 5.74) is 5.59. The fourth-order valence-electron chi connectivity index (χ4n) is 3.22. The SMILES string of the molecule is Cc1cc(-c2ccc(F)c(C)c2)c2ccc(OCc3ccccc3)cc2n1. The fourth-order valence-corrected chi connectivity index (χ4v) is 3.22. The Bertz CT molecular complexity index is 1110. The molecule has 0 amide bonds. The first-order valence-electron chi connectivity index (χ1n) is 8.95. The number of halogens is 1. The first-order valence-corrected chi connectivity index (χ1v) is 8.95. The Balaban J connectivity index is 1.71. The van der Waals surface area contributed by atoms with Crippen molar-refractivity contribution in [2.45, 2.75) is 20.5 Å². The van der Waals surface area contributed by atoms with Gasteiger partial charge in [0.1, 0.15) is 18.2 Å². The molecule has 0 aliphatic heterocycles. The molecule has 4 rings (SSSR count). The van der Waals surface area contributed by atoms with Crippen LogP contribution in [-0.4, -0.2) is 4.98 Å². The van der Waals surface area contributed by atoms with Gasteiger partial charge in [0, 0.05) is 17.1 Å². The third-order valence-electron chi connectivity index (χ3n) is 4.63. The smallest absolute Gasteiger partial charge is 0.126 e. The summed E-state index contributed by atoms with van der Waals surface area (Å²) in [6.45, 7) is 4.27. The number of fused-ring (bicyclic) bond motifs is 1. The molecule has 3 heteroatoms. The quantitative estimate of drug-likeness (QED) is 0.431. The monoisotopic (exact) mass is 357 g/mol. The minimum absolute atomic E-state index is 0.189. The molecule has 27 heavy (non-hydrogen) atoms. The molecule has 4 aromatic rings. The van der Waals surface area contributed by atoms with Crippen LogP contribution < -0.4 is 4.74 Å². The molecular formula is C24H20FNO. The van der Waals surface area contributed by atoms with Crippen molar-refractivity contribution in [2.24, 2.45) is 0 Å². The van der Waals surface area contributed by atoms with Gasteiger partial charge in [-0.05, 0) is 66.4 Å². The Hall–Kier alpha value is -3.20. The molecule has 0 aliphatic carbocycles. The molecule has 0 bridgehead atoms. The minimum Gasteiger partial charge on any atom is -0.489 e. The molecule has 1 aromatic heterocycles. The van der Waals surface area contributed by atoms with Crippen molar-refractivity contribution in [1.82, 2.24) is 4.98 Å². The summed E-state index contributed by atoms with van der Waals surface area (Å²) in [7, 11) is 0. The summed E-state index contributed by atoms with van der Waals surface area (Å²) >= 11 is 0. The summed E-state index contributed by atoms with van der Waals surface area (Å²) in [5, 5.41) is 1.03. The number of rotatable bonds is 4. The van der Waals surface area contributed by atoms with E-state index >= 15 is 0 Å². The number of benzene rings is 3. The molecule has 0 unspecified atom stereocenters. The van der Waals surface area contributed by atoms with Gasteiger partial charge in [-0.15, -0.1) is 0 Å². The zero-order chi connectivity index (χ0) is 18.8. The largest absolute Gasteiger partial charge is 0.489 e. The normalized spacial score (nSPS) is 10.9. The number of hydrogen-bond donors (Lipinski definition) is 0. The second kappa shape index (κ2) is 7.20. The number of pyridine rings is 1. The highest BCUT2D eigenvalue weighted by Gasteiger charge is 2.09. The summed E-state index contributed by atoms with van der Waals surface area (Å²) in [6.07, 6.45) is 0. The first-order chi connectivity index (χ1) is 13.1. The van der Waals surface area contributed by atoms with Gasteiger partial charge in [0.2, 0.25) is 0 Å². The van der Waals surface area contributed by atoms with Gasteiger partial charge in [-0.1, -0.05) is 36.4 Å². The van der Waals surface area contributed by atoms with Crippen molar-refractivity contribution in [3.63, 3.8) is 0 Å². The summed E-state index contributed by atoms with van der Waals surface area (Å²) in [5.74, 6) is 0.594. The summed E-state index contributed by atoms with van der Waals surface area (Å²) in [6, 6.07) is 23.3. The molecule has 0 spiro atoms. The highest BCUT2D eigenvalue weighted by Crippen LogP contribution is 2.31. The van der Waals surface area contributed by atoms with Gasteiger partial charge in [0.15, 0.2) is 0 Å². The van der Waals surface area contributed by atoms with Crippen LogP contribution in [0.25, 0.3) is 22.0 Å². The third-order valence-corrected chi connectivity index (χ3v) is 4.63. The second-order valence-electron chi connectivity index (χ2n) is 6.73. The van der Waals surface area contributed by atoms with E-state index in [0.29, 0.717) is 12.2 Å². The van der Waals surface area contributed by atoms with Crippen LogP contribution in [0.15, 0.2) is 72.8 Å². The number of ether oxygens (including phenoxy) is 1. The predicted octanol–water partition coefficient (Wildman–Crippen LogP) is 6.24. The molecule has 1 heterocycles. The van der Waals surface area contributed by atoms with E-state index in [9.17, 15) is 4.39 Å². The fraction of sp³-hybridized carbons (Fsp3) is 0.125. The van der Waals surface area contributed by atoms with Crippen LogP contribution in [0.4, 0.5) is 4.39 Å². The van der Waals surface area contributed by atoms with E-state index in [-0.39, 0.29) is 5.82 Å². The number of aryl methyl sites for hydroxylation is 2. The lowest BCUT2D eigenvalue weighted by Crippen LogP contribution is -1.96. The van der Waals surface area contributed by atoms with Crippen molar-refractivity contribution in [1.29, 1.82) is 0 Å². The third kappa shape index (κ3) is 3.68. The van der Waals surface area contributed by atoms with Crippen molar-refractivity contribution in [3.8, 4) is 16.9 Å². The molecule has 2 nitrogen and oxygen atoms in total. The maximum absolute atomic E-state index is 13.7. The van der Waals surface area contributed by atoms with Crippen LogP contribution in [0.2, 0.25) is 0 Å². The van der Waals surface area contributed by atoms with Gasteiger partial charge in [-0.2, -0.15) is 0 Å². The molecule has 0 fully saturated rings. The van der Waals surface area contributed by atoms with Crippen molar-refractivity contribution in [2.75, 3.05) is 0 Å². The zero-order valence-electron chi connectivity index (χ0n) is 15.4. The Morgan fingerprint density at radius 3 is 2.48 bits per heavy atom. The van der Waals surface area contributed by atoms with E-state index in [1.54, 1.807) is 6.92 Å². The van der Waals surface area contributed by atoms with Gasteiger partial charge in [0.05, 0.1) is 5.52 Å². The van der Waals surface area contributed by atoms with E-state index in [0.717, 1.165) is 39.0 Å². The second-order valence-corrected chi connectivity index (χ2v) is 6.73. The van der Waals surface area contributed by atoms with Gasteiger partial charge >= 0.3 is 0 Å². The zero-order valence-corrected chi connectivity index (χ0v) is 15.4. The van der Waals surface area contributed by atoms with E-state index in [1.807, 2.05) is 73.7 Å². The van der Waals surface area contributed by atoms with Gasteiger partial charge in [-0.25, -0.2) is 4.39 Å². The van der Waals surface area contributed by atoms with Gasteiger partial charge in [-0.3, -0.25) is 4.98 Å². The molecule has 134 valence electrons. The minimum atomic E-state index is -0.189. The molecule has 0 atom stereocenters. The molecule has 0 saturated heterocycles. The predicted molar refractivity (Wildman–Crippen MR) is 107 cm³/mol. The lowest BCUT2D eigenvalue weighted by atomic mass is 9.98. The van der Waals surface area contributed by atoms with Crippen LogP contribution in [0, 0.1) is 19.7 Å². The molecule has 3 aromatic carbocycles. The van der Waals surface area contributed by atoms with E-state index in [4.69, 9.17) is 4.74 Å². The van der Waals surface area contributed by atoms with Crippen LogP contribution in [0.3, 0.4) is 0 Å². The highest BCUT2D eigenvalue weighted by molar-refractivity contribution is 5.95. The molecule has 0 saturated carbocycles. The van der Waals surface area contributed by atoms with Crippen LogP contribution in [-0.2, 0) is 6.61 Å². The molecule has 0 radical (unpaired) electrons. The van der Waals surface area contributed by atoms with Crippen LogP contribution >= 0.6 is 0 Å². The number of aromatic nitrogens is 1. The lowest BCUT2D eigenvalue weighted by Gasteiger charge is -2.12. The van der Waals surface area contributed by atoms with Crippen LogP contribution in [0.1, 0.15) is 16.8 Å². The number of hydrogen-bond acceptors (Lipinski definition) is 2. The Labute approximate surface area is 158 Å². The maximum Gasteiger partial charge on any atom is 0.126 e. The van der Waals surface area contributed by atoms with Crippen molar-refractivity contribution >= 4 is 10.9 Å². The topological polar surface area (TPSA) is 22.1 Å². The summed E-state index contributed by atoms with van der Waals surface area (Å²) in [4.78, 5) is 4.66. The Kier molecular flexibility index (Phi) is 4.59. The van der Waals surface area contributed by atoms with Gasteiger partial charge < -0.3 is 4.74 Å². The standard InChI is InChI=1S/C24H20FNO/c1-16-12-19(8-11-23(16)25)22-13-17(2)26-24-14-20(9-10-21(22)24)27-15-18-6-4-3-5-7-18/h3-14H,15H2,1-2H3. The van der Waals surface area contributed by atoms with Crippen LogP contribution in [0.5, 0.6) is 5.75 Å². The molecule has 0 N–H and O–H groups in total. The lowest BCUT2D eigenvalue weighted by molar-refractivity contribution is 0.306. The van der Waals surface area contributed by atoms with E-state index < -0.39 is 0 Å². The van der Waals surface area contributed by atoms with Gasteiger partial charge in [0.25, 0.3) is 0 Å². The first kappa shape index (κ1) is 17.2. The average molecular weight is 357 g/mol. The van der Waals surface area contributed by atoms with E-state index in [2.05, 4.69) is 4.98 Å². The molecular weight excluding hydrogens is 337 g/mol. The highest BCUT2D eigenvalue weighted by atomic mass is 19.1.